The Morgan fingerprint density at radius 1 is 1.19 bits per heavy atom. The fourth-order valence-corrected chi connectivity index (χ4v) is 2.42. The highest BCUT2D eigenvalue weighted by Crippen LogP contribution is 2.25. The summed E-state index contributed by atoms with van der Waals surface area (Å²) >= 11 is 0. The minimum Gasteiger partial charge on any atom is -0.506 e. The highest BCUT2D eigenvalue weighted by molar-refractivity contribution is 5.66. The summed E-state index contributed by atoms with van der Waals surface area (Å²) in [5, 5.41) is 13.4. The average molecular weight is 424 g/mol. The zero-order valence-corrected chi connectivity index (χ0v) is 19.0. The van der Waals surface area contributed by atoms with Crippen LogP contribution in [0, 0.1) is 0 Å². The van der Waals surface area contributed by atoms with Crippen LogP contribution in [-0.2, 0) is 11.3 Å². The fraction of sp³-hybridized carbons (Fsp3) is 0.280. The molecule has 0 aliphatic heterocycles. The highest BCUT2D eigenvalue weighted by Gasteiger charge is 2.07. The molecular formula is C25H33N3O3. The van der Waals surface area contributed by atoms with Crippen LogP contribution in [0.25, 0.3) is 5.76 Å². The molecule has 0 radical (unpaired) electrons. The van der Waals surface area contributed by atoms with Crippen LogP contribution < -0.4 is 10.1 Å². The first-order valence-electron chi connectivity index (χ1n) is 10.3. The Kier molecular flexibility index (Phi) is 12.6. The number of pyridine rings is 1. The lowest BCUT2D eigenvalue weighted by Gasteiger charge is -2.10. The van der Waals surface area contributed by atoms with Gasteiger partial charge in [0.1, 0.15) is 23.9 Å². The first-order valence-corrected chi connectivity index (χ1v) is 10.3. The van der Waals surface area contributed by atoms with E-state index >= 15 is 0 Å². The number of benzene rings is 1. The van der Waals surface area contributed by atoms with Crippen molar-refractivity contribution in [3.63, 3.8) is 0 Å². The van der Waals surface area contributed by atoms with E-state index in [1.165, 1.54) is 12.5 Å². The molecule has 0 unspecified atom stereocenters. The van der Waals surface area contributed by atoms with Crippen LogP contribution in [0.2, 0.25) is 0 Å². The molecule has 1 aromatic heterocycles. The summed E-state index contributed by atoms with van der Waals surface area (Å²) in [6.07, 6.45) is 11.1. The SMILES string of the molecule is CC.CC/C=C(\C=C(/C)NC=N/C=C(\O)c1ccccc1OCc1cccnc1)OC. The molecule has 2 N–H and O–H groups in total. The first kappa shape index (κ1) is 25.5. The molecule has 0 aliphatic rings. The van der Waals surface area contributed by atoms with Crippen molar-refractivity contribution in [2.75, 3.05) is 7.11 Å². The number of rotatable bonds is 10. The van der Waals surface area contributed by atoms with Crippen LogP contribution in [0.4, 0.5) is 0 Å². The van der Waals surface area contributed by atoms with Gasteiger partial charge in [-0.25, -0.2) is 4.99 Å². The van der Waals surface area contributed by atoms with E-state index in [4.69, 9.17) is 9.47 Å². The van der Waals surface area contributed by atoms with Crippen LogP contribution in [0.5, 0.6) is 5.75 Å². The number of aliphatic hydroxyl groups is 1. The summed E-state index contributed by atoms with van der Waals surface area (Å²) in [6.45, 7) is 8.31. The Morgan fingerprint density at radius 3 is 2.65 bits per heavy atom. The summed E-state index contributed by atoms with van der Waals surface area (Å²) in [7, 11) is 1.63. The number of aromatic nitrogens is 1. The maximum Gasteiger partial charge on any atom is 0.144 e. The van der Waals surface area contributed by atoms with Crippen molar-refractivity contribution in [2.45, 2.75) is 40.7 Å². The Hall–Kier alpha value is -3.54. The van der Waals surface area contributed by atoms with Crippen LogP contribution in [0.15, 0.2) is 83.6 Å². The summed E-state index contributed by atoms with van der Waals surface area (Å²) in [5.41, 5.74) is 2.37. The molecule has 1 aromatic carbocycles. The molecule has 0 saturated carbocycles. The monoisotopic (exact) mass is 423 g/mol. The van der Waals surface area contributed by atoms with Gasteiger partial charge >= 0.3 is 0 Å². The van der Waals surface area contributed by atoms with Gasteiger partial charge in [-0.2, -0.15) is 0 Å². The van der Waals surface area contributed by atoms with Crippen LogP contribution in [-0.4, -0.2) is 23.5 Å². The van der Waals surface area contributed by atoms with Crippen molar-refractivity contribution >= 4 is 12.1 Å². The van der Waals surface area contributed by atoms with E-state index in [1.54, 1.807) is 31.6 Å². The third-order valence-corrected chi connectivity index (χ3v) is 3.84. The van der Waals surface area contributed by atoms with Gasteiger partial charge in [-0.1, -0.05) is 39.0 Å². The van der Waals surface area contributed by atoms with Crippen LogP contribution in [0.3, 0.4) is 0 Å². The predicted molar refractivity (Wildman–Crippen MR) is 128 cm³/mol. The van der Waals surface area contributed by atoms with Crippen LogP contribution >= 0.6 is 0 Å². The number of hydrogen-bond acceptors (Lipinski definition) is 5. The van der Waals surface area contributed by atoms with Crippen molar-refractivity contribution in [1.29, 1.82) is 0 Å². The molecule has 166 valence electrons. The molecule has 0 fully saturated rings. The Labute approximate surface area is 185 Å². The molecule has 2 aromatic rings. The predicted octanol–water partition coefficient (Wildman–Crippen LogP) is 6.01. The largest absolute Gasteiger partial charge is 0.506 e. The number of allylic oxidation sites excluding steroid dienone is 3. The van der Waals surface area contributed by atoms with E-state index < -0.39 is 0 Å². The molecule has 1 heterocycles. The van der Waals surface area contributed by atoms with E-state index in [1.807, 2.05) is 64.1 Å². The number of methoxy groups -OCH3 is 1. The number of nitrogens with zero attached hydrogens (tertiary/aromatic N) is 2. The second-order valence-corrected chi connectivity index (χ2v) is 6.13. The number of para-hydroxylation sites is 1. The van der Waals surface area contributed by atoms with Gasteiger partial charge in [0, 0.05) is 23.7 Å². The normalized spacial score (nSPS) is 12.2. The maximum atomic E-state index is 10.4. The van der Waals surface area contributed by atoms with Gasteiger partial charge in [-0.05, 0) is 43.7 Å². The molecule has 2 rings (SSSR count). The standard InChI is InChI=1S/C23H27N3O3.C2H6/c1-4-8-20(28-3)13-18(2)26-17-25-15-22(27)21-10-5-6-11-23(21)29-16-19-9-7-12-24-14-19;1-2/h5-15,17,27H,4,16H2,1-3H3,(H,25,26);1-2H3/b18-13+,20-8+,22-15-;. The zero-order valence-electron chi connectivity index (χ0n) is 19.0. The third kappa shape index (κ3) is 9.67. The van der Waals surface area contributed by atoms with Gasteiger partial charge < -0.3 is 19.9 Å². The van der Waals surface area contributed by atoms with Crippen molar-refractivity contribution in [2.24, 2.45) is 4.99 Å². The molecule has 0 atom stereocenters. The molecular weight excluding hydrogens is 390 g/mol. The van der Waals surface area contributed by atoms with Gasteiger partial charge in [0.05, 0.1) is 25.2 Å². The molecule has 0 bridgehead atoms. The topological polar surface area (TPSA) is 76.0 Å². The Balaban J connectivity index is 0.00000233. The molecule has 0 amide bonds. The van der Waals surface area contributed by atoms with Gasteiger partial charge in [0.15, 0.2) is 0 Å². The van der Waals surface area contributed by atoms with E-state index in [0.717, 1.165) is 23.4 Å². The highest BCUT2D eigenvalue weighted by atomic mass is 16.5. The number of aliphatic hydroxyl groups excluding tert-OH is 1. The first-order chi connectivity index (χ1) is 15.1. The zero-order chi connectivity index (χ0) is 22.9. The molecule has 31 heavy (non-hydrogen) atoms. The van der Waals surface area contributed by atoms with Gasteiger partial charge in [0.25, 0.3) is 0 Å². The van der Waals surface area contributed by atoms with E-state index in [2.05, 4.69) is 15.3 Å². The number of ether oxygens (including phenoxy) is 2. The lowest BCUT2D eigenvalue weighted by Crippen LogP contribution is -2.07. The van der Waals surface area contributed by atoms with Crippen molar-refractivity contribution in [3.05, 3.63) is 89.7 Å². The Bertz CT molecular complexity index is 888. The summed E-state index contributed by atoms with van der Waals surface area (Å²) in [6, 6.07) is 11.1. The van der Waals surface area contributed by atoms with Crippen molar-refractivity contribution in [1.82, 2.24) is 10.3 Å². The van der Waals surface area contributed by atoms with E-state index in [9.17, 15) is 5.11 Å². The summed E-state index contributed by atoms with van der Waals surface area (Å²) in [5.74, 6) is 1.36. The average Bonchev–Trinajstić information content (AvgIpc) is 2.82. The van der Waals surface area contributed by atoms with E-state index in [-0.39, 0.29) is 5.76 Å². The van der Waals surface area contributed by atoms with Gasteiger partial charge in [-0.15, -0.1) is 0 Å². The van der Waals surface area contributed by atoms with Gasteiger partial charge in [-0.3, -0.25) is 4.98 Å². The van der Waals surface area contributed by atoms with E-state index in [0.29, 0.717) is 17.9 Å². The molecule has 0 saturated heterocycles. The second-order valence-electron chi connectivity index (χ2n) is 6.13. The lowest BCUT2D eigenvalue weighted by molar-refractivity contribution is 0.303. The molecule has 6 heteroatoms. The number of hydrogen-bond donors (Lipinski definition) is 2. The molecule has 0 aliphatic carbocycles. The number of aliphatic imine (C=N–C) groups is 1. The minimum absolute atomic E-state index is 0.00919. The van der Waals surface area contributed by atoms with Gasteiger partial charge in [0.2, 0.25) is 0 Å². The molecule has 0 spiro atoms. The smallest absolute Gasteiger partial charge is 0.144 e. The summed E-state index contributed by atoms with van der Waals surface area (Å²) in [4.78, 5) is 8.18. The fourth-order valence-electron chi connectivity index (χ4n) is 2.42. The quantitative estimate of drug-likeness (QED) is 0.212. The second kappa shape index (κ2) is 15.3. The maximum absolute atomic E-state index is 10.4. The van der Waals surface area contributed by atoms with Crippen molar-refractivity contribution < 1.29 is 14.6 Å². The third-order valence-electron chi connectivity index (χ3n) is 3.84. The lowest BCUT2D eigenvalue weighted by atomic mass is 10.1. The number of nitrogens with one attached hydrogen (secondary N) is 1. The Morgan fingerprint density at radius 2 is 1.97 bits per heavy atom. The van der Waals surface area contributed by atoms with Crippen molar-refractivity contribution in [3.8, 4) is 5.75 Å². The van der Waals surface area contributed by atoms with Crippen LogP contribution in [0.1, 0.15) is 45.2 Å². The minimum atomic E-state index is 0.00919. The molecule has 6 nitrogen and oxygen atoms in total. The summed E-state index contributed by atoms with van der Waals surface area (Å²) < 4.78 is 11.1.